The van der Waals surface area contributed by atoms with Gasteiger partial charge < -0.3 is 19.4 Å². The smallest absolute Gasteiger partial charge is 0.232 e. The summed E-state index contributed by atoms with van der Waals surface area (Å²) in [6.45, 7) is 2.04. The Balaban J connectivity index is 1.63. The second-order valence-electron chi connectivity index (χ2n) is 6.80. The Morgan fingerprint density at radius 3 is 2.62 bits per heavy atom. The van der Waals surface area contributed by atoms with Crippen LogP contribution in [0, 0.1) is 11.3 Å². The quantitative estimate of drug-likeness (QED) is 0.510. The molecule has 29 heavy (non-hydrogen) atoms. The van der Waals surface area contributed by atoms with E-state index in [1.165, 1.54) is 0 Å². The van der Waals surface area contributed by atoms with E-state index in [9.17, 15) is 5.26 Å². The summed E-state index contributed by atoms with van der Waals surface area (Å²) in [4.78, 5) is 6.39. The average Bonchev–Trinajstić information content (AvgIpc) is 3.14. The molecule has 2 aromatic carbocycles. The van der Waals surface area contributed by atoms with Gasteiger partial charge in [-0.3, -0.25) is 0 Å². The standard InChI is InChI=1S/C22H23ClN4O2/c1-27(2)13-5-12-25-22-20(14-24)26-21(29-22)16-8-10-18(11-9-16)28-15-17-6-3-4-7-19(17)23/h3-4,6-11,25H,5,12-13,15H2,1-2H3. The predicted molar refractivity (Wildman–Crippen MR) is 114 cm³/mol. The van der Waals surface area contributed by atoms with Crippen molar-refractivity contribution in [1.29, 1.82) is 5.26 Å². The van der Waals surface area contributed by atoms with Crippen molar-refractivity contribution in [3.8, 4) is 23.3 Å². The molecule has 3 aromatic rings. The lowest BCUT2D eigenvalue weighted by Gasteiger charge is -2.09. The molecular formula is C22H23ClN4O2. The lowest BCUT2D eigenvalue weighted by Crippen LogP contribution is -2.16. The Morgan fingerprint density at radius 2 is 1.93 bits per heavy atom. The maximum absolute atomic E-state index is 9.32. The number of oxazole rings is 1. The summed E-state index contributed by atoms with van der Waals surface area (Å²) in [5, 5.41) is 13.1. The second-order valence-corrected chi connectivity index (χ2v) is 7.20. The SMILES string of the molecule is CN(C)CCCNc1oc(-c2ccc(OCc3ccccc3Cl)cc2)nc1C#N. The molecule has 1 aromatic heterocycles. The Morgan fingerprint density at radius 1 is 1.17 bits per heavy atom. The van der Waals surface area contributed by atoms with Crippen LogP contribution in [-0.2, 0) is 6.61 Å². The average molecular weight is 411 g/mol. The zero-order valence-electron chi connectivity index (χ0n) is 16.5. The number of anilines is 1. The molecule has 0 aliphatic rings. The van der Waals surface area contributed by atoms with Crippen molar-refractivity contribution < 1.29 is 9.15 Å². The second kappa shape index (κ2) is 9.97. The van der Waals surface area contributed by atoms with Crippen LogP contribution in [-0.4, -0.2) is 37.1 Å². The molecule has 0 aliphatic carbocycles. The van der Waals surface area contributed by atoms with Gasteiger partial charge in [0.05, 0.1) is 0 Å². The van der Waals surface area contributed by atoms with E-state index in [1.807, 2.05) is 62.6 Å². The molecule has 1 N–H and O–H groups in total. The molecule has 3 rings (SSSR count). The molecular weight excluding hydrogens is 388 g/mol. The van der Waals surface area contributed by atoms with Crippen LogP contribution in [0.25, 0.3) is 11.5 Å². The fourth-order valence-electron chi connectivity index (χ4n) is 2.71. The summed E-state index contributed by atoms with van der Waals surface area (Å²) >= 11 is 6.15. The fourth-order valence-corrected chi connectivity index (χ4v) is 2.90. The highest BCUT2D eigenvalue weighted by atomic mass is 35.5. The van der Waals surface area contributed by atoms with Crippen LogP contribution in [0.5, 0.6) is 5.75 Å². The summed E-state index contributed by atoms with van der Waals surface area (Å²) in [7, 11) is 4.05. The van der Waals surface area contributed by atoms with Crippen LogP contribution in [0.3, 0.4) is 0 Å². The number of halogens is 1. The van der Waals surface area contributed by atoms with Crippen LogP contribution in [0.15, 0.2) is 52.9 Å². The van der Waals surface area contributed by atoms with E-state index in [4.69, 9.17) is 20.8 Å². The maximum atomic E-state index is 9.32. The number of benzene rings is 2. The van der Waals surface area contributed by atoms with Gasteiger partial charge in [0.1, 0.15) is 18.4 Å². The summed E-state index contributed by atoms with van der Waals surface area (Å²) in [6, 6.07) is 17.0. The molecule has 0 saturated heterocycles. The number of nitriles is 1. The van der Waals surface area contributed by atoms with Crippen LogP contribution in [0.1, 0.15) is 17.7 Å². The van der Waals surface area contributed by atoms with Crippen LogP contribution >= 0.6 is 11.6 Å². The molecule has 0 spiro atoms. The van der Waals surface area contributed by atoms with E-state index in [1.54, 1.807) is 0 Å². The van der Waals surface area contributed by atoms with E-state index in [-0.39, 0.29) is 5.69 Å². The van der Waals surface area contributed by atoms with Crippen molar-refractivity contribution >= 4 is 17.5 Å². The monoisotopic (exact) mass is 410 g/mol. The van der Waals surface area contributed by atoms with Crippen molar-refractivity contribution in [1.82, 2.24) is 9.88 Å². The third kappa shape index (κ3) is 5.74. The highest BCUT2D eigenvalue weighted by molar-refractivity contribution is 6.31. The van der Waals surface area contributed by atoms with Crippen molar-refractivity contribution in [2.24, 2.45) is 0 Å². The minimum Gasteiger partial charge on any atom is -0.489 e. The van der Waals surface area contributed by atoms with Gasteiger partial charge in [-0.1, -0.05) is 29.8 Å². The third-order valence-electron chi connectivity index (χ3n) is 4.25. The Bertz CT molecular complexity index is 977. The highest BCUT2D eigenvalue weighted by Crippen LogP contribution is 2.27. The third-order valence-corrected chi connectivity index (χ3v) is 4.62. The molecule has 0 unspecified atom stereocenters. The van der Waals surface area contributed by atoms with Crippen molar-refractivity contribution in [3.05, 3.63) is 64.8 Å². The molecule has 1 heterocycles. The Hall–Kier alpha value is -3.01. The number of ether oxygens (including phenoxy) is 1. The summed E-state index contributed by atoms with van der Waals surface area (Å²) < 4.78 is 11.6. The largest absolute Gasteiger partial charge is 0.489 e. The van der Waals surface area contributed by atoms with E-state index in [0.717, 1.165) is 24.1 Å². The summed E-state index contributed by atoms with van der Waals surface area (Å²) in [5.74, 6) is 1.51. The normalized spacial score (nSPS) is 10.7. The first-order valence-electron chi connectivity index (χ1n) is 9.33. The van der Waals surface area contributed by atoms with Gasteiger partial charge in [0.2, 0.25) is 17.5 Å². The Labute approximate surface area is 175 Å². The molecule has 0 amide bonds. The van der Waals surface area contributed by atoms with Gasteiger partial charge in [0.25, 0.3) is 0 Å². The zero-order chi connectivity index (χ0) is 20.6. The molecule has 0 fully saturated rings. The minimum absolute atomic E-state index is 0.254. The van der Waals surface area contributed by atoms with Gasteiger partial charge >= 0.3 is 0 Å². The van der Waals surface area contributed by atoms with Gasteiger partial charge in [-0.05, 0) is 57.4 Å². The lowest BCUT2D eigenvalue weighted by atomic mass is 10.2. The van der Waals surface area contributed by atoms with Gasteiger partial charge in [-0.15, -0.1) is 0 Å². The predicted octanol–water partition coefficient (Wildman–Crippen LogP) is 4.81. The molecule has 0 saturated carbocycles. The first kappa shape index (κ1) is 20.7. The fraction of sp³-hybridized carbons (Fsp3) is 0.273. The van der Waals surface area contributed by atoms with Crippen molar-refractivity contribution in [2.45, 2.75) is 13.0 Å². The molecule has 7 heteroatoms. The maximum Gasteiger partial charge on any atom is 0.232 e. The molecule has 0 atom stereocenters. The summed E-state index contributed by atoms with van der Waals surface area (Å²) in [5.41, 5.74) is 1.95. The molecule has 0 radical (unpaired) electrons. The Kier molecular flexibility index (Phi) is 7.12. The van der Waals surface area contributed by atoms with Crippen molar-refractivity contribution in [2.75, 3.05) is 32.5 Å². The van der Waals surface area contributed by atoms with E-state index in [0.29, 0.717) is 35.7 Å². The number of nitrogens with zero attached hydrogens (tertiary/aromatic N) is 3. The van der Waals surface area contributed by atoms with E-state index in [2.05, 4.69) is 21.3 Å². The van der Waals surface area contributed by atoms with Gasteiger partial charge in [0.15, 0.2) is 0 Å². The van der Waals surface area contributed by atoms with Gasteiger partial charge in [0, 0.05) is 22.7 Å². The molecule has 150 valence electrons. The number of aromatic nitrogens is 1. The van der Waals surface area contributed by atoms with Crippen LogP contribution in [0.2, 0.25) is 5.02 Å². The number of nitrogens with one attached hydrogen (secondary N) is 1. The van der Waals surface area contributed by atoms with Gasteiger partial charge in [-0.2, -0.15) is 10.2 Å². The number of hydrogen-bond acceptors (Lipinski definition) is 6. The topological polar surface area (TPSA) is 74.3 Å². The van der Waals surface area contributed by atoms with Crippen LogP contribution < -0.4 is 10.1 Å². The first-order chi connectivity index (χ1) is 14.1. The van der Waals surface area contributed by atoms with Gasteiger partial charge in [-0.25, -0.2) is 0 Å². The molecule has 0 bridgehead atoms. The minimum atomic E-state index is 0.254. The van der Waals surface area contributed by atoms with E-state index < -0.39 is 0 Å². The summed E-state index contributed by atoms with van der Waals surface area (Å²) in [6.07, 6.45) is 0.936. The number of rotatable bonds is 9. The molecule has 0 aliphatic heterocycles. The van der Waals surface area contributed by atoms with E-state index >= 15 is 0 Å². The highest BCUT2D eigenvalue weighted by Gasteiger charge is 2.14. The van der Waals surface area contributed by atoms with Crippen LogP contribution in [0.4, 0.5) is 5.88 Å². The number of hydrogen-bond donors (Lipinski definition) is 1. The lowest BCUT2D eigenvalue weighted by molar-refractivity contribution is 0.306. The first-order valence-corrected chi connectivity index (χ1v) is 9.71. The molecule has 6 nitrogen and oxygen atoms in total. The van der Waals surface area contributed by atoms with Crippen molar-refractivity contribution in [3.63, 3.8) is 0 Å². The zero-order valence-corrected chi connectivity index (χ0v) is 17.2.